The van der Waals surface area contributed by atoms with Crippen molar-refractivity contribution >= 4 is 21.9 Å². The van der Waals surface area contributed by atoms with E-state index in [9.17, 15) is 4.39 Å². The lowest BCUT2D eigenvalue weighted by Gasteiger charge is -2.04. The smallest absolute Gasteiger partial charge is 0.137 e. The van der Waals surface area contributed by atoms with Crippen LogP contribution in [0.25, 0.3) is 55.8 Å². The van der Waals surface area contributed by atoms with Gasteiger partial charge in [0.25, 0.3) is 0 Å². The van der Waals surface area contributed by atoms with E-state index in [4.69, 9.17) is 9.72 Å². The van der Waals surface area contributed by atoms with Gasteiger partial charge in [0.15, 0.2) is 0 Å². The second-order valence-corrected chi connectivity index (χ2v) is 8.10. The average molecular weight is 450 g/mol. The van der Waals surface area contributed by atoms with Gasteiger partial charge in [-0.15, -0.1) is 0 Å². The molecule has 0 saturated heterocycles. The number of rotatable bonds is 4. The first-order valence-electron chi connectivity index (χ1n) is 10.7. The lowest BCUT2D eigenvalue weighted by molar-refractivity contribution is 0.413. The van der Waals surface area contributed by atoms with E-state index in [0.717, 1.165) is 50.0 Å². The van der Waals surface area contributed by atoms with Crippen molar-refractivity contribution in [3.8, 4) is 39.7 Å². The second kappa shape index (κ2) is 7.77. The van der Waals surface area contributed by atoms with E-state index in [-0.39, 0.29) is 5.82 Å². The van der Waals surface area contributed by atoms with Crippen molar-refractivity contribution < 1.29 is 9.13 Å². The molecule has 0 atom stereocenters. The van der Waals surface area contributed by atoms with Gasteiger partial charge in [0.05, 0.1) is 35.9 Å². The fourth-order valence-electron chi connectivity index (χ4n) is 4.20. The van der Waals surface area contributed by atoms with Crippen LogP contribution in [0.4, 0.5) is 4.39 Å². The number of nitrogens with one attached hydrogen (secondary N) is 2. The highest BCUT2D eigenvalue weighted by Gasteiger charge is 2.16. The largest absolute Gasteiger partial charge is 0.495 e. The maximum Gasteiger partial charge on any atom is 0.137 e. The fourth-order valence-corrected chi connectivity index (χ4v) is 4.20. The third-order valence-corrected chi connectivity index (χ3v) is 5.77. The van der Waals surface area contributed by atoms with Crippen LogP contribution in [0, 0.1) is 12.7 Å². The third kappa shape index (κ3) is 3.36. The predicted molar refractivity (Wildman–Crippen MR) is 129 cm³/mol. The third-order valence-electron chi connectivity index (χ3n) is 5.77. The van der Waals surface area contributed by atoms with Gasteiger partial charge in [-0.3, -0.25) is 15.1 Å². The molecular formula is C26H19FN6O. The first-order chi connectivity index (χ1) is 16.6. The topological polar surface area (TPSA) is 92.4 Å². The van der Waals surface area contributed by atoms with Gasteiger partial charge in [-0.2, -0.15) is 5.10 Å². The number of hydrogen-bond acceptors (Lipinski definition) is 5. The summed E-state index contributed by atoms with van der Waals surface area (Å²) in [4.78, 5) is 17.0. The van der Waals surface area contributed by atoms with E-state index in [0.29, 0.717) is 17.1 Å². The predicted octanol–water partition coefficient (Wildman–Crippen LogP) is 5.69. The van der Waals surface area contributed by atoms with E-state index in [2.05, 4.69) is 25.1 Å². The number of aromatic amines is 2. The number of pyridine rings is 3. The molecule has 8 heteroatoms. The maximum atomic E-state index is 14.1. The first kappa shape index (κ1) is 20.0. The standard InChI is InChI=1S/C26H19FN6O/c1-14-7-15(9-17(27)8-14)24-19-11-23(30-21(19)5-6-29-24)26-25-22(32-33-26)4-3-20(31-25)16-10-18(34-2)13-28-12-16/h3-13,30H,1-2H3,(H,32,33). The minimum atomic E-state index is -0.286. The molecule has 0 spiro atoms. The summed E-state index contributed by atoms with van der Waals surface area (Å²) in [6.07, 6.45) is 5.12. The van der Waals surface area contributed by atoms with Gasteiger partial charge >= 0.3 is 0 Å². The molecule has 0 aliphatic rings. The van der Waals surface area contributed by atoms with Crippen LogP contribution in [0.15, 0.2) is 67.1 Å². The second-order valence-electron chi connectivity index (χ2n) is 8.10. The van der Waals surface area contributed by atoms with Crippen LogP contribution >= 0.6 is 0 Å². The summed E-state index contributed by atoms with van der Waals surface area (Å²) < 4.78 is 19.4. The molecule has 5 aromatic heterocycles. The zero-order valence-corrected chi connectivity index (χ0v) is 18.4. The van der Waals surface area contributed by atoms with Crippen molar-refractivity contribution in [1.29, 1.82) is 0 Å². The number of benzene rings is 1. The molecule has 0 amide bonds. The van der Waals surface area contributed by atoms with Crippen LogP contribution in [0.1, 0.15) is 5.56 Å². The van der Waals surface area contributed by atoms with Gasteiger partial charge in [-0.05, 0) is 61.0 Å². The molecule has 0 aliphatic heterocycles. The van der Waals surface area contributed by atoms with Crippen LogP contribution in [-0.4, -0.2) is 37.2 Å². The number of ether oxygens (including phenoxy) is 1. The summed E-state index contributed by atoms with van der Waals surface area (Å²) >= 11 is 0. The first-order valence-corrected chi connectivity index (χ1v) is 10.7. The number of fused-ring (bicyclic) bond motifs is 2. The van der Waals surface area contributed by atoms with E-state index in [1.54, 1.807) is 25.7 Å². The summed E-state index contributed by atoms with van der Waals surface area (Å²) in [5, 5.41) is 8.46. The number of hydrogen-bond donors (Lipinski definition) is 2. The summed E-state index contributed by atoms with van der Waals surface area (Å²) in [5.74, 6) is 0.377. The molecule has 0 bridgehead atoms. The zero-order valence-electron chi connectivity index (χ0n) is 18.4. The van der Waals surface area contributed by atoms with Crippen LogP contribution in [0.2, 0.25) is 0 Å². The molecule has 34 heavy (non-hydrogen) atoms. The van der Waals surface area contributed by atoms with Crippen LogP contribution < -0.4 is 4.74 Å². The zero-order chi connectivity index (χ0) is 23.2. The minimum Gasteiger partial charge on any atom is -0.495 e. The molecule has 6 aromatic rings. The Hall–Kier alpha value is -4.59. The van der Waals surface area contributed by atoms with Gasteiger partial charge in [0.1, 0.15) is 22.8 Å². The molecule has 1 aromatic carbocycles. The highest BCUT2D eigenvalue weighted by Crippen LogP contribution is 2.33. The average Bonchev–Trinajstić information content (AvgIpc) is 3.46. The molecule has 7 nitrogen and oxygen atoms in total. The Morgan fingerprint density at radius 3 is 2.68 bits per heavy atom. The van der Waals surface area contributed by atoms with Gasteiger partial charge in [0.2, 0.25) is 0 Å². The SMILES string of the molecule is COc1cncc(-c2ccc3[nH]nc(-c4cc5c(-c6cc(C)cc(F)c6)nccc5[nH]4)c3n2)c1. The van der Waals surface area contributed by atoms with Crippen molar-refractivity contribution in [3.05, 3.63) is 78.5 Å². The molecule has 6 rings (SSSR count). The number of aromatic nitrogens is 6. The lowest BCUT2D eigenvalue weighted by atomic mass is 10.0. The monoisotopic (exact) mass is 450 g/mol. The molecule has 0 radical (unpaired) electrons. The summed E-state index contributed by atoms with van der Waals surface area (Å²) in [6.45, 7) is 1.87. The molecule has 0 fully saturated rings. The quantitative estimate of drug-likeness (QED) is 0.360. The lowest BCUT2D eigenvalue weighted by Crippen LogP contribution is -1.89. The van der Waals surface area contributed by atoms with E-state index in [1.165, 1.54) is 12.1 Å². The molecular weight excluding hydrogens is 431 g/mol. The van der Waals surface area contributed by atoms with Gasteiger partial charge in [-0.1, -0.05) is 0 Å². The Morgan fingerprint density at radius 1 is 0.912 bits per heavy atom. The number of methoxy groups -OCH3 is 1. The maximum absolute atomic E-state index is 14.1. The van der Waals surface area contributed by atoms with Crippen molar-refractivity contribution in [2.45, 2.75) is 6.92 Å². The minimum absolute atomic E-state index is 0.286. The number of halogens is 1. The van der Waals surface area contributed by atoms with E-state index < -0.39 is 0 Å². The molecule has 0 saturated carbocycles. The van der Waals surface area contributed by atoms with Crippen molar-refractivity contribution in [1.82, 2.24) is 30.1 Å². The Morgan fingerprint density at radius 2 is 1.82 bits per heavy atom. The van der Waals surface area contributed by atoms with Crippen LogP contribution in [0.5, 0.6) is 5.75 Å². The summed E-state index contributed by atoms with van der Waals surface area (Å²) in [6, 6.07) is 14.6. The number of aryl methyl sites for hydroxylation is 1. The fraction of sp³-hybridized carbons (Fsp3) is 0.0769. The van der Waals surface area contributed by atoms with Gasteiger partial charge in [0, 0.05) is 34.4 Å². The molecule has 0 unspecified atom stereocenters. The van der Waals surface area contributed by atoms with E-state index in [1.807, 2.05) is 43.3 Å². The summed E-state index contributed by atoms with van der Waals surface area (Å²) in [7, 11) is 1.61. The molecule has 166 valence electrons. The Labute approximate surface area is 193 Å². The van der Waals surface area contributed by atoms with E-state index >= 15 is 0 Å². The molecule has 0 aliphatic carbocycles. The van der Waals surface area contributed by atoms with Crippen molar-refractivity contribution in [3.63, 3.8) is 0 Å². The number of nitrogens with zero attached hydrogens (tertiary/aromatic N) is 4. The Balaban J connectivity index is 1.49. The summed E-state index contributed by atoms with van der Waals surface area (Å²) in [5.41, 5.74) is 7.77. The van der Waals surface area contributed by atoms with Crippen molar-refractivity contribution in [2.24, 2.45) is 0 Å². The van der Waals surface area contributed by atoms with Gasteiger partial charge in [-0.25, -0.2) is 9.37 Å². The Kier molecular flexibility index (Phi) is 4.58. The van der Waals surface area contributed by atoms with Crippen molar-refractivity contribution in [2.75, 3.05) is 7.11 Å². The van der Waals surface area contributed by atoms with Crippen LogP contribution in [0.3, 0.4) is 0 Å². The van der Waals surface area contributed by atoms with Gasteiger partial charge < -0.3 is 9.72 Å². The normalized spacial score (nSPS) is 11.4. The molecule has 2 N–H and O–H groups in total. The van der Waals surface area contributed by atoms with Crippen LogP contribution in [-0.2, 0) is 0 Å². The molecule has 5 heterocycles. The Bertz CT molecular complexity index is 1670. The highest BCUT2D eigenvalue weighted by molar-refractivity contribution is 5.99. The number of H-pyrrole nitrogens is 2. The highest BCUT2D eigenvalue weighted by atomic mass is 19.1.